The maximum absolute atomic E-state index is 12.3. The van der Waals surface area contributed by atoms with Gasteiger partial charge in [-0.3, -0.25) is 4.79 Å². The van der Waals surface area contributed by atoms with E-state index in [4.69, 9.17) is 9.84 Å². The molecule has 0 aliphatic carbocycles. The number of nitrogens with zero attached hydrogens (tertiary/aromatic N) is 1. The van der Waals surface area contributed by atoms with Gasteiger partial charge < -0.3 is 14.4 Å². The van der Waals surface area contributed by atoms with Crippen LogP contribution in [-0.4, -0.2) is 22.8 Å². The molecule has 0 aliphatic rings. The molecule has 0 amide bonds. The van der Waals surface area contributed by atoms with Crippen molar-refractivity contribution in [2.45, 2.75) is 20.4 Å². The fourth-order valence-corrected chi connectivity index (χ4v) is 2.30. The highest BCUT2D eigenvalue weighted by atomic mass is 16.5. The van der Waals surface area contributed by atoms with Gasteiger partial charge in [0.25, 0.3) is 5.56 Å². The second-order valence-corrected chi connectivity index (χ2v) is 4.89. The highest BCUT2D eigenvalue weighted by molar-refractivity contribution is 5.88. The first-order valence-electron chi connectivity index (χ1n) is 6.51. The zero-order chi connectivity index (χ0) is 15.6. The van der Waals surface area contributed by atoms with E-state index >= 15 is 0 Å². The summed E-state index contributed by atoms with van der Waals surface area (Å²) in [4.78, 5) is 23.5. The van der Waals surface area contributed by atoms with Gasteiger partial charge in [0, 0.05) is 5.69 Å². The zero-order valence-corrected chi connectivity index (χ0v) is 12.2. The molecular weight excluding hydrogens is 270 g/mol. The van der Waals surface area contributed by atoms with Crippen molar-refractivity contribution in [3.05, 3.63) is 63.1 Å². The number of carbonyl (C=O) groups is 1. The van der Waals surface area contributed by atoms with E-state index in [1.54, 1.807) is 27.0 Å². The van der Waals surface area contributed by atoms with Crippen LogP contribution in [0.2, 0.25) is 0 Å². The Bertz CT molecular complexity index is 729. The molecule has 0 fully saturated rings. The summed E-state index contributed by atoms with van der Waals surface area (Å²) >= 11 is 0. The molecule has 5 heteroatoms. The van der Waals surface area contributed by atoms with Crippen LogP contribution < -0.4 is 10.3 Å². The van der Waals surface area contributed by atoms with Crippen LogP contribution in [0.5, 0.6) is 5.75 Å². The maximum atomic E-state index is 12.3. The van der Waals surface area contributed by atoms with Crippen molar-refractivity contribution < 1.29 is 14.6 Å². The van der Waals surface area contributed by atoms with Crippen LogP contribution in [0.1, 0.15) is 27.2 Å². The molecular formula is C16H17NO4. The normalized spacial score (nSPS) is 10.4. The Morgan fingerprint density at radius 2 is 1.86 bits per heavy atom. The molecule has 110 valence electrons. The molecule has 0 unspecified atom stereocenters. The van der Waals surface area contributed by atoms with E-state index in [1.165, 1.54) is 4.57 Å². The van der Waals surface area contributed by atoms with Crippen LogP contribution in [0.25, 0.3) is 0 Å². The number of hydrogen-bond acceptors (Lipinski definition) is 3. The third kappa shape index (κ3) is 2.97. The standard InChI is InChI=1S/C16H17NO4/c1-10-8-11(2)17(15(18)14(10)16(19)20)9-12-4-6-13(21-3)7-5-12/h4-8H,9H2,1-3H3,(H,19,20). The smallest absolute Gasteiger partial charge is 0.341 e. The quantitative estimate of drug-likeness (QED) is 0.936. The van der Waals surface area contributed by atoms with Crippen LogP contribution in [0.4, 0.5) is 0 Å². The summed E-state index contributed by atoms with van der Waals surface area (Å²) in [6.07, 6.45) is 0. The molecule has 5 nitrogen and oxygen atoms in total. The minimum atomic E-state index is -1.19. The second kappa shape index (κ2) is 5.83. The molecule has 0 bridgehead atoms. The first kappa shape index (κ1) is 14.8. The summed E-state index contributed by atoms with van der Waals surface area (Å²) in [6, 6.07) is 9.04. The SMILES string of the molecule is COc1ccc(Cn2c(C)cc(C)c(C(=O)O)c2=O)cc1. The van der Waals surface area contributed by atoms with Gasteiger partial charge in [0.2, 0.25) is 0 Å². The van der Waals surface area contributed by atoms with Crippen LogP contribution in [0.3, 0.4) is 0 Å². The Morgan fingerprint density at radius 1 is 1.24 bits per heavy atom. The largest absolute Gasteiger partial charge is 0.497 e. The van der Waals surface area contributed by atoms with Crippen LogP contribution in [0, 0.1) is 13.8 Å². The molecule has 2 rings (SSSR count). The summed E-state index contributed by atoms with van der Waals surface area (Å²) in [5, 5.41) is 9.17. The van der Waals surface area contributed by atoms with Crippen molar-refractivity contribution in [3.63, 3.8) is 0 Å². The van der Waals surface area contributed by atoms with Crippen molar-refractivity contribution in [2.24, 2.45) is 0 Å². The predicted molar refractivity (Wildman–Crippen MR) is 79.2 cm³/mol. The third-order valence-electron chi connectivity index (χ3n) is 3.42. The lowest BCUT2D eigenvalue weighted by Crippen LogP contribution is -2.29. The lowest BCUT2D eigenvalue weighted by atomic mass is 10.1. The van der Waals surface area contributed by atoms with Gasteiger partial charge in [0.05, 0.1) is 13.7 Å². The van der Waals surface area contributed by atoms with E-state index < -0.39 is 11.5 Å². The number of aromatic carboxylic acids is 1. The molecule has 0 saturated carbocycles. The van der Waals surface area contributed by atoms with Gasteiger partial charge in [0.1, 0.15) is 11.3 Å². The maximum Gasteiger partial charge on any atom is 0.341 e. The molecule has 1 aromatic heterocycles. The molecule has 2 aromatic rings. The first-order valence-corrected chi connectivity index (χ1v) is 6.51. The Kier molecular flexibility index (Phi) is 4.12. The number of aromatic nitrogens is 1. The Balaban J connectivity index is 2.46. The second-order valence-electron chi connectivity index (χ2n) is 4.89. The molecule has 1 heterocycles. The monoisotopic (exact) mass is 287 g/mol. The summed E-state index contributed by atoms with van der Waals surface area (Å²) in [5.74, 6) is -0.459. The summed E-state index contributed by atoms with van der Waals surface area (Å²) in [5.41, 5.74) is 1.47. The highest BCUT2D eigenvalue weighted by Crippen LogP contribution is 2.13. The van der Waals surface area contributed by atoms with E-state index in [2.05, 4.69) is 0 Å². The number of carboxylic acids is 1. The van der Waals surface area contributed by atoms with Gasteiger partial charge in [-0.2, -0.15) is 0 Å². The van der Waals surface area contributed by atoms with E-state index in [0.717, 1.165) is 17.0 Å². The fourth-order valence-electron chi connectivity index (χ4n) is 2.30. The number of methoxy groups -OCH3 is 1. The number of hydrogen-bond donors (Lipinski definition) is 1. The molecule has 21 heavy (non-hydrogen) atoms. The third-order valence-corrected chi connectivity index (χ3v) is 3.42. The highest BCUT2D eigenvalue weighted by Gasteiger charge is 2.16. The zero-order valence-electron chi connectivity index (χ0n) is 12.2. The van der Waals surface area contributed by atoms with Crippen LogP contribution >= 0.6 is 0 Å². The van der Waals surface area contributed by atoms with E-state index in [0.29, 0.717) is 12.1 Å². The molecule has 0 atom stereocenters. The lowest BCUT2D eigenvalue weighted by molar-refractivity contribution is 0.0693. The van der Waals surface area contributed by atoms with Crippen molar-refractivity contribution in [2.75, 3.05) is 7.11 Å². The average Bonchev–Trinajstić information content (AvgIpc) is 2.43. The molecule has 0 aliphatic heterocycles. The van der Waals surface area contributed by atoms with Gasteiger partial charge in [-0.15, -0.1) is 0 Å². The van der Waals surface area contributed by atoms with Crippen LogP contribution in [0.15, 0.2) is 35.1 Å². The van der Waals surface area contributed by atoms with Crippen molar-refractivity contribution in [3.8, 4) is 5.75 Å². The van der Waals surface area contributed by atoms with Crippen molar-refractivity contribution in [1.82, 2.24) is 4.57 Å². The van der Waals surface area contributed by atoms with Gasteiger partial charge in [-0.05, 0) is 43.2 Å². The number of rotatable bonds is 4. The number of pyridine rings is 1. The van der Waals surface area contributed by atoms with Crippen molar-refractivity contribution in [1.29, 1.82) is 0 Å². The van der Waals surface area contributed by atoms with Gasteiger partial charge in [-0.25, -0.2) is 4.79 Å². The number of aryl methyl sites for hydroxylation is 2. The minimum absolute atomic E-state index is 0.172. The van der Waals surface area contributed by atoms with E-state index in [9.17, 15) is 9.59 Å². The summed E-state index contributed by atoms with van der Waals surface area (Å²) in [6.45, 7) is 3.76. The molecule has 1 N–H and O–H groups in total. The Labute approximate surface area is 122 Å². The predicted octanol–water partition coefficient (Wildman–Crippen LogP) is 2.22. The number of ether oxygens (including phenoxy) is 1. The van der Waals surface area contributed by atoms with Gasteiger partial charge in [0.15, 0.2) is 0 Å². The topological polar surface area (TPSA) is 68.5 Å². The fraction of sp³-hybridized carbons (Fsp3) is 0.250. The molecule has 1 aromatic carbocycles. The molecule has 0 spiro atoms. The lowest BCUT2D eigenvalue weighted by Gasteiger charge is -2.13. The Morgan fingerprint density at radius 3 is 2.38 bits per heavy atom. The molecule has 0 saturated heterocycles. The first-order chi connectivity index (χ1) is 9.93. The average molecular weight is 287 g/mol. The van der Waals surface area contributed by atoms with Crippen molar-refractivity contribution >= 4 is 5.97 Å². The number of benzene rings is 1. The number of carboxylic acid groups (broad SMARTS) is 1. The van der Waals surface area contributed by atoms with Gasteiger partial charge >= 0.3 is 5.97 Å². The minimum Gasteiger partial charge on any atom is -0.497 e. The van der Waals surface area contributed by atoms with E-state index in [1.807, 2.05) is 24.3 Å². The summed E-state index contributed by atoms with van der Waals surface area (Å²) in [7, 11) is 1.59. The Hall–Kier alpha value is -2.56. The van der Waals surface area contributed by atoms with E-state index in [-0.39, 0.29) is 5.56 Å². The van der Waals surface area contributed by atoms with Gasteiger partial charge in [-0.1, -0.05) is 12.1 Å². The molecule has 0 radical (unpaired) electrons. The summed E-state index contributed by atoms with van der Waals surface area (Å²) < 4.78 is 6.56. The van der Waals surface area contributed by atoms with Crippen LogP contribution in [-0.2, 0) is 6.54 Å².